The highest BCUT2D eigenvalue weighted by molar-refractivity contribution is 9.10. The van der Waals surface area contributed by atoms with E-state index in [1.165, 1.54) is 30.4 Å². The van der Waals surface area contributed by atoms with Crippen LogP contribution in [0.15, 0.2) is 33.5 Å². The first kappa shape index (κ1) is 12.9. The van der Waals surface area contributed by atoms with Crippen LogP contribution in [0.25, 0.3) is 0 Å². The van der Waals surface area contributed by atoms with E-state index in [9.17, 15) is 0 Å². The minimum Gasteiger partial charge on any atom is -0.364 e. The standard InChI is InChI=1S/C15H17BrN2O/c1-10-9-19-18-15(10)8-17-14-4-2-3-11-5-6-12(16)7-13(11)14/h5-7,9,14,17H,2-4,8H2,1H3. The molecule has 0 fully saturated rings. The second kappa shape index (κ2) is 5.47. The molecule has 1 heterocycles. The van der Waals surface area contributed by atoms with Crippen molar-refractivity contribution in [1.82, 2.24) is 10.5 Å². The van der Waals surface area contributed by atoms with Crippen LogP contribution in [0.4, 0.5) is 0 Å². The highest BCUT2D eigenvalue weighted by Gasteiger charge is 2.20. The fraction of sp³-hybridized carbons (Fsp3) is 0.400. The van der Waals surface area contributed by atoms with Gasteiger partial charge in [0.25, 0.3) is 0 Å². The highest BCUT2D eigenvalue weighted by atomic mass is 79.9. The molecule has 0 radical (unpaired) electrons. The molecule has 1 aromatic carbocycles. The second-order valence-electron chi connectivity index (χ2n) is 5.11. The van der Waals surface area contributed by atoms with E-state index in [4.69, 9.17) is 4.52 Å². The Morgan fingerprint density at radius 2 is 2.37 bits per heavy atom. The smallest absolute Gasteiger partial charge is 0.127 e. The summed E-state index contributed by atoms with van der Waals surface area (Å²) in [5, 5.41) is 7.63. The van der Waals surface area contributed by atoms with Gasteiger partial charge in [0.1, 0.15) is 12.0 Å². The van der Waals surface area contributed by atoms with Crippen molar-refractivity contribution in [3.63, 3.8) is 0 Å². The van der Waals surface area contributed by atoms with Gasteiger partial charge in [-0.3, -0.25) is 0 Å². The van der Waals surface area contributed by atoms with Crippen LogP contribution in [0.1, 0.15) is 41.3 Å². The van der Waals surface area contributed by atoms with Gasteiger partial charge in [-0.25, -0.2) is 0 Å². The van der Waals surface area contributed by atoms with Crippen molar-refractivity contribution in [2.45, 2.75) is 38.8 Å². The number of aryl methyl sites for hydroxylation is 2. The minimum absolute atomic E-state index is 0.414. The van der Waals surface area contributed by atoms with Crippen molar-refractivity contribution >= 4 is 15.9 Å². The molecule has 100 valence electrons. The summed E-state index contributed by atoms with van der Waals surface area (Å²) in [5.74, 6) is 0. The number of halogens is 1. The van der Waals surface area contributed by atoms with Gasteiger partial charge in [0.15, 0.2) is 0 Å². The Kier molecular flexibility index (Phi) is 3.71. The third kappa shape index (κ3) is 2.74. The molecule has 1 aliphatic rings. The van der Waals surface area contributed by atoms with E-state index in [-0.39, 0.29) is 0 Å². The van der Waals surface area contributed by atoms with Gasteiger partial charge in [-0.2, -0.15) is 0 Å². The van der Waals surface area contributed by atoms with Crippen LogP contribution in [0.2, 0.25) is 0 Å². The summed E-state index contributed by atoms with van der Waals surface area (Å²) in [6.07, 6.45) is 5.30. The van der Waals surface area contributed by atoms with Crippen LogP contribution >= 0.6 is 15.9 Å². The fourth-order valence-electron chi connectivity index (χ4n) is 2.68. The van der Waals surface area contributed by atoms with Gasteiger partial charge >= 0.3 is 0 Å². The number of nitrogens with zero attached hydrogens (tertiary/aromatic N) is 1. The lowest BCUT2D eigenvalue weighted by molar-refractivity contribution is 0.398. The van der Waals surface area contributed by atoms with E-state index in [1.54, 1.807) is 6.26 Å². The van der Waals surface area contributed by atoms with Crippen molar-refractivity contribution in [3.8, 4) is 0 Å². The van der Waals surface area contributed by atoms with E-state index in [2.05, 4.69) is 44.6 Å². The molecule has 1 aromatic heterocycles. The second-order valence-corrected chi connectivity index (χ2v) is 6.03. The van der Waals surface area contributed by atoms with E-state index < -0.39 is 0 Å². The lowest BCUT2D eigenvalue weighted by Gasteiger charge is -2.26. The zero-order valence-corrected chi connectivity index (χ0v) is 12.5. The minimum atomic E-state index is 0.414. The van der Waals surface area contributed by atoms with Crippen molar-refractivity contribution in [3.05, 3.63) is 51.3 Å². The summed E-state index contributed by atoms with van der Waals surface area (Å²) in [4.78, 5) is 0. The predicted molar refractivity (Wildman–Crippen MR) is 77.9 cm³/mol. The Morgan fingerprint density at radius 3 is 3.16 bits per heavy atom. The molecule has 3 rings (SSSR count). The molecule has 0 spiro atoms. The third-order valence-electron chi connectivity index (χ3n) is 3.79. The molecule has 0 bridgehead atoms. The monoisotopic (exact) mass is 320 g/mol. The molecule has 0 aliphatic heterocycles. The lowest BCUT2D eigenvalue weighted by Crippen LogP contribution is -2.25. The molecule has 1 atom stereocenters. The molecule has 2 aromatic rings. The number of aromatic nitrogens is 1. The van der Waals surface area contributed by atoms with Crippen LogP contribution in [-0.4, -0.2) is 5.16 Å². The van der Waals surface area contributed by atoms with Crippen LogP contribution in [0.5, 0.6) is 0 Å². The molecule has 1 N–H and O–H groups in total. The molecule has 3 nitrogen and oxygen atoms in total. The molecular weight excluding hydrogens is 304 g/mol. The molecule has 19 heavy (non-hydrogen) atoms. The van der Waals surface area contributed by atoms with Gasteiger partial charge < -0.3 is 9.84 Å². The largest absolute Gasteiger partial charge is 0.364 e. The van der Waals surface area contributed by atoms with Crippen LogP contribution < -0.4 is 5.32 Å². The van der Waals surface area contributed by atoms with Gasteiger partial charge in [0.2, 0.25) is 0 Å². The predicted octanol–water partition coefficient (Wildman–Crippen LogP) is 3.91. The average Bonchev–Trinajstić information content (AvgIpc) is 2.82. The van der Waals surface area contributed by atoms with Crippen molar-refractivity contribution < 1.29 is 4.52 Å². The summed E-state index contributed by atoms with van der Waals surface area (Å²) in [5.41, 5.74) is 4.99. The number of fused-ring (bicyclic) bond motifs is 1. The van der Waals surface area contributed by atoms with Gasteiger partial charge in [-0.05, 0) is 49.4 Å². The third-order valence-corrected chi connectivity index (χ3v) is 4.28. The van der Waals surface area contributed by atoms with Crippen molar-refractivity contribution in [1.29, 1.82) is 0 Å². The summed E-state index contributed by atoms with van der Waals surface area (Å²) < 4.78 is 6.13. The normalized spacial score (nSPS) is 18.3. The first-order valence-corrected chi connectivity index (χ1v) is 7.45. The first-order chi connectivity index (χ1) is 9.24. The average molecular weight is 321 g/mol. The fourth-order valence-corrected chi connectivity index (χ4v) is 3.06. The zero-order chi connectivity index (χ0) is 13.2. The maximum atomic E-state index is 4.98. The summed E-state index contributed by atoms with van der Waals surface area (Å²) in [6.45, 7) is 2.79. The highest BCUT2D eigenvalue weighted by Crippen LogP contribution is 2.32. The zero-order valence-electron chi connectivity index (χ0n) is 10.9. The topological polar surface area (TPSA) is 38.1 Å². The summed E-state index contributed by atoms with van der Waals surface area (Å²) in [6, 6.07) is 7.01. The van der Waals surface area contributed by atoms with Crippen LogP contribution in [-0.2, 0) is 13.0 Å². The molecule has 4 heteroatoms. The Morgan fingerprint density at radius 1 is 1.47 bits per heavy atom. The molecule has 1 unspecified atom stereocenters. The van der Waals surface area contributed by atoms with Gasteiger partial charge in [-0.15, -0.1) is 0 Å². The van der Waals surface area contributed by atoms with E-state index in [0.717, 1.165) is 22.3 Å². The van der Waals surface area contributed by atoms with Gasteiger partial charge in [0.05, 0.1) is 0 Å². The van der Waals surface area contributed by atoms with Crippen molar-refractivity contribution in [2.75, 3.05) is 0 Å². The Hall–Kier alpha value is -1.13. The Balaban J connectivity index is 1.76. The van der Waals surface area contributed by atoms with E-state index in [0.29, 0.717) is 6.04 Å². The molecule has 0 saturated heterocycles. The van der Waals surface area contributed by atoms with E-state index in [1.807, 2.05) is 6.92 Å². The number of hydrogen-bond donors (Lipinski definition) is 1. The van der Waals surface area contributed by atoms with Crippen LogP contribution in [0, 0.1) is 6.92 Å². The molecule has 0 saturated carbocycles. The van der Waals surface area contributed by atoms with Crippen molar-refractivity contribution in [2.24, 2.45) is 0 Å². The van der Waals surface area contributed by atoms with Gasteiger partial charge in [0, 0.05) is 22.6 Å². The number of hydrogen-bond acceptors (Lipinski definition) is 3. The van der Waals surface area contributed by atoms with Gasteiger partial charge in [-0.1, -0.05) is 27.2 Å². The van der Waals surface area contributed by atoms with Crippen LogP contribution in [0.3, 0.4) is 0 Å². The quantitative estimate of drug-likeness (QED) is 0.931. The van der Waals surface area contributed by atoms with E-state index >= 15 is 0 Å². The maximum Gasteiger partial charge on any atom is 0.127 e. The SMILES string of the molecule is Cc1conc1CNC1CCCc2ccc(Br)cc21. The number of benzene rings is 1. The Bertz CT molecular complexity index is 579. The summed E-state index contributed by atoms with van der Waals surface area (Å²) in [7, 11) is 0. The molecule has 1 aliphatic carbocycles. The number of rotatable bonds is 3. The lowest BCUT2D eigenvalue weighted by atomic mass is 9.88. The number of nitrogens with one attached hydrogen (secondary N) is 1. The first-order valence-electron chi connectivity index (χ1n) is 6.65. The molecule has 0 amide bonds. The molecular formula is C15H17BrN2O. The summed E-state index contributed by atoms with van der Waals surface area (Å²) >= 11 is 3.56. The Labute approximate surface area is 121 Å². The maximum absolute atomic E-state index is 4.98.